The molecule has 0 unspecified atom stereocenters. The van der Waals surface area contributed by atoms with E-state index < -0.39 is 5.97 Å². The molecular weight excluding hydrogens is 378 g/mol. The van der Waals surface area contributed by atoms with Gasteiger partial charge in [-0.05, 0) is 48.5 Å². The summed E-state index contributed by atoms with van der Waals surface area (Å²) in [5.74, 6) is -0.425. The van der Waals surface area contributed by atoms with Crippen LogP contribution in [0.25, 0.3) is 0 Å². The van der Waals surface area contributed by atoms with Crippen LogP contribution in [0, 0.1) is 0 Å². The van der Waals surface area contributed by atoms with Gasteiger partial charge in [0.05, 0.1) is 0 Å². The number of halogens is 1. The highest BCUT2D eigenvalue weighted by Crippen LogP contribution is 2.19. The summed E-state index contributed by atoms with van der Waals surface area (Å²) in [6.07, 6.45) is 0. The van der Waals surface area contributed by atoms with Crippen molar-refractivity contribution in [2.45, 2.75) is 0 Å². The van der Waals surface area contributed by atoms with Crippen LogP contribution in [0.3, 0.4) is 0 Å². The monoisotopic (exact) mass is 395 g/mol. The van der Waals surface area contributed by atoms with Gasteiger partial charge in [-0.2, -0.15) is 0 Å². The van der Waals surface area contributed by atoms with Crippen LogP contribution in [-0.4, -0.2) is 25.0 Å². The normalized spacial score (nSPS) is 10.2. The van der Waals surface area contributed by atoms with Crippen molar-refractivity contribution >= 4 is 34.7 Å². The third-order valence-corrected chi connectivity index (χ3v) is 4.02. The number of carbonyl (C=O) groups is 2. The largest absolute Gasteiger partial charge is 0.482 e. The third-order valence-electron chi connectivity index (χ3n) is 3.78. The van der Waals surface area contributed by atoms with E-state index in [0.717, 1.165) is 11.4 Å². The number of para-hydroxylation sites is 1. The standard InChI is InChI=1S/C22H18ClNO4/c23-17-6-4-5-16(13-17)21(25)14-28-22(26)15-27-20-11-9-19(10-12-20)24-18-7-2-1-3-8-18/h1-13,24H,14-15H2. The molecule has 0 saturated carbocycles. The fourth-order valence-corrected chi connectivity index (χ4v) is 2.59. The van der Waals surface area contributed by atoms with Crippen molar-refractivity contribution in [2.24, 2.45) is 0 Å². The SMILES string of the molecule is O=C(COc1ccc(Nc2ccccc2)cc1)OCC(=O)c1cccc(Cl)c1. The molecule has 3 rings (SSSR count). The van der Waals surface area contributed by atoms with Crippen LogP contribution in [0.1, 0.15) is 10.4 Å². The Bertz CT molecular complexity index is 942. The number of Topliss-reactive ketones (excluding diaryl/α,β-unsaturated/α-hetero) is 1. The molecule has 0 aromatic heterocycles. The summed E-state index contributed by atoms with van der Waals surface area (Å²) < 4.78 is 10.3. The molecule has 1 N–H and O–H groups in total. The lowest BCUT2D eigenvalue weighted by atomic mass is 10.1. The van der Waals surface area contributed by atoms with E-state index in [9.17, 15) is 9.59 Å². The molecular formula is C22H18ClNO4. The van der Waals surface area contributed by atoms with Gasteiger partial charge in [0.25, 0.3) is 0 Å². The fourth-order valence-electron chi connectivity index (χ4n) is 2.40. The molecule has 0 atom stereocenters. The number of hydrogen-bond donors (Lipinski definition) is 1. The molecule has 142 valence electrons. The van der Waals surface area contributed by atoms with Crippen molar-refractivity contribution in [3.8, 4) is 5.75 Å². The molecule has 0 spiro atoms. The van der Waals surface area contributed by atoms with Gasteiger partial charge in [0.1, 0.15) is 5.75 Å². The minimum absolute atomic E-state index is 0.283. The zero-order valence-corrected chi connectivity index (χ0v) is 15.7. The van der Waals surface area contributed by atoms with E-state index in [1.807, 2.05) is 42.5 Å². The van der Waals surface area contributed by atoms with E-state index in [2.05, 4.69) is 5.32 Å². The summed E-state index contributed by atoms with van der Waals surface area (Å²) >= 11 is 5.84. The molecule has 0 amide bonds. The van der Waals surface area contributed by atoms with Crippen molar-refractivity contribution in [3.05, 3.63) is 89.4 Å². The van der Waals surface area contributed by atoms with E-state index in [4.69, 9.17) is 21.1 Å². The average Bonchev–Trinajstić information content (AvgIpc) is 2.72. The highest BCUT2D eigenvalue weighted by atomic mass is 35.5. The molecule has 0 aliphatic heterocycles. The summed E-state index contributed by atoms with van der Waals surface area (Å²) in [5, 5.41) is 3.70. The van der Waals surface area contributed by atoms with Crippen molar-refractivity contribution in [1.29, 1.82) is 0 Å². The smallest absolute Gasteiger partial charge is 0.344 e. The van der Waals surface area contributed by atoms with E-state index >= 15 is 0 Å². The summed E-state index contributed by atoms with van der Waals surface area (Å²) in [5.41, 5.74) is 2.26. The van der Waals surface area contributed by atoms with Crippen LogP contribution in [0.5, 0.6) is 5.75 Å². The van der Waals surface area contributed by atoms with Crippen molar-refractivity contribution in [2.75, 3.05) is 18.5 Å². The minimum Gasteiger partial charge on any atom is -0.482 e. The maximum atomic E-state index is 12.0. The molecule has 0 fully saturated rings. The van der Waals surface area contributed by atoms with E-state index in [-0.39, 0.29) is 19.0 Å². The topological polar surface area (TPSA) is 64.6 Å². The molecule has 0 aliphatic carbocycles. The maximum absolute atomic E-state index is 12.0. The second kappa shape index (κ2) is 9.58. The van der Waals surface area contributed by atoms with Gasteiger partial charge in [-0.15, -0.1) is 0 Å². The molecule has 0 bridgehead atoms. The molecule has 0 radical (unpaired) electrons. The molecule has 0 saturated heterocycles. The highest BCUT2D eigenvalue weighted by Gasteiger charge is 2.11. The first kappa shape index (κ1) is 19.5. The Morgan fingerprint density at radius 3 is 2.25 bits per heavy atom. The average molecular weight is 396 g/mol. The molecule has 0 aliphatic rings. The number of carbonyl (C=O) groups excluding carboxylic acids is 2. The maximum Gasteiger partial charge on any atom is 0.344 e. The number of nitrogens with one attached hydrogen (secondary N) is 1. The first-order chi connectivity index (χ1) is 13.6. The Labute approximate surface area is 167 Å². The molecule has 0 heterocycles. The molecule has 28 heavy (non-hydrogen) atoms. The van der Waals surface area contributed by atoms with Gasteiger partial charge in [0.2, 0.25) is 0 Å². The minimum atomic E-state index is -0.623. The van der Waals surface area contributed by atoms with Crippen molar-refractivity contribution in [3.63, 3.8) is 0 Å². The van der Waals surface area contributed by atoms with Gasteiger partial charge < -0.3 is 14.8 Å². The van der Waals surface area contributed by atoms with Crippen LogP contribution >= 0.6 is 11.6 Å². The molecule has 3 aromatic carbocycles. The molecule has 5 nitrogen and oxygen atoms in total. The summed E-state index contributed by atoms with van der Waals surface area (Å²) in [6, 6.07) is 23.4. The fraction of sp³-hybridized carbons (Fsp3) is 0.0909. The summed E-state index contributed by atoms with van der Waals surface area (Å²) in [4.78, 5) is 23.8. The lowest BCUT2D eigenvalue weighted by molar-refractivity contribution is -0.144. The van der Waals surface area contributed by atoms with Gasteiger partial charge in [-0.25, -0.2) is 4.79 Å². The van der Waals surface area contributed by atoms with Crippen molar-refractivity contribution in [1.82, 2.24) is 0 Å². The first-order valence-electron chi connectivity index (χ1n) is 8.59. The summed E-state index contributed by atoms with van der Waals surface area (Å²) in [7, 11) is 0. The Morgan fingerprint density at radius 1 is 0.821 bits per heavy atom. The lowest BCUT2D eigenvalue weighted by Crippen LogP contribution is -2.19. The Kier molecular flexibility index (Phi) is 6.65. The quantitative estimate of drug-likeness (QED) is 0.434. The number of hydrogen-bond acceptors (Lipinski definition) is 5. The van der Waals surface area contributed by atoms with E-state index in [1.54, 1.807) is 30.3 Å². The Morgan fingerprint density at radius 2 is 1.54 bits per heavy atom. The Hall–Kier alpha value is -3.31. The first-order valence-corrected chi connectivity index (χ1v) is 8.97. The highest BCUT2D eigenvalue weighted by molar-refractivity contribution is 6.31. The number of ether oxygens (including phenoxy) is 2. The van der Waals surface area contributed by atoms with Crippen LogP contribution < -0.4 is 10.1 Å². The van der Waals surface area contributed by atoms with E-state index in [1.165, 1.54) is 6.07 Å². The van der Waals surface area contributed by atoms with Gasteiger partial charge in [0, 0.05) is 22.0 Å². The lowest BCUT2D eigenvalue weighted by Gasteiger charge is -2.09. The second-order valence-electron chi connectivity index (χ2n) is 5.90. The number of benzene rings is 3. The van der Waals surface area contributed by atoms with E-state index in [0.29, 0.717) is 16.3 Å². The van der Waals surface area contributed by atoms with Crippen LogP contribution in [0.4, 0.5) is 11.4 Å². The second-order valence-corrected chi connectivity index (χ2v) is 6.33. The van der Waals surface area contributed by atoms with Crippen molar-refractivity contribution < 1.29 is 19.1 Å². The zero-order chi connectivity index (χ0) is 19.8. The number of anilines is 2. The van der Waals surface area contributed by atoms with Gasteiger partial charge in [-0.1, -0.05) is 41.9 Å². The van der Waals surface area contributed by atoms with Gasteiger partial charge in [-0.3, -0.25) is 4.79 Å². The predicted molar refractivity (Wildman–Crippen MR) is 108 cm³/mol. The molecule has 6 heteroatoms. The summed E-state index contributed by atoms with van der Waals surface area (Å²) in [6.45, 7) is -0.642. The third kappa shape index (κ3) is 5.86. The van der Waals surface area contributed by atoms with Crippen LogP contribution in [0.15, 0.2) is 78.9 Å². The zero-order valence-electron chi connectivity index (χ0n) is 14.9. The Balaban J connectivity index is 1.43. The number of ketones is 1. The number of rotatable bonds is 8. The number of esters is 1. The van der Waals surface area contributed by atoms with Crippen LogP contribution in [-0.2, 0) is 9.53 Å². The predicted octanol–water partition coefficient (Wildman–Crippen LogP) is 4.89. The van der Waals surface area contributed by atoms with Crippen LogP contribution in [0.2, 0.25) is 5.02 Å². The molecule has 3 aromatic rings. The van der Waals surface area contributed by atoms with Gasteiger partial charge in [0.15, 0.2) is 19.0 Å². The van der Waals surface area contributed by atoms with Gasteiger partial charge >= 0.3 is 5.97 Å².